The number of hydrogen-bond donors (Lipinski definition) is 1. The number of nitrogens with one attached hydrogen (secondary N) is 1. The summed E-state index contributed by atoms with van der Waals surface area (Å²) in [4.78, 5) is 15.4. The van der Waals surface area contributed by atoms with Gasteiger partial charge in [-0.15, -0.1) is 4.91 Å². The van der Waals surface area contributed by atoms with Gasteiger partial charge in [-0.1, -0.05) is 24.3 Å². The molecule has 0 saturated heterocycles. The first kappa shape index (κ1) is 9.61. The van der Waals surface area contributed by atoms with Crippen LogP contribution in [0.2, 0.25) is 0 Å². The van der Waals surface area contributed by atoms with E-state index >= 15 is 0 Å². The molecular weight excluding hydrogens is 192 g/mol. The van der Waals surface area contributed by atoms with Crippen LogP contribution in [0.5, 0.6) is 0 Å². The number of anilines is 1. The fourth-order valence-corrected chi connectivity index (χ4v) is 1.57. The van der Waals surface area contributed by atoms with E-state index in [-0.39, 0.29) is 0 Å². The summed E-state index contributed by atoms with van der Waals surface area (Å²) in [5.41, 5.74) is 4.02. The summed E-state index contributed by atoms with van der Waals surface area (Å²) in [5, 5.41) is 4.71. The van der Waals surface area contributed by atoms with E-state index in [4.69, 9.17) is 4.84 Å². The third-order valence-electron chi connectivity index (χ3n) is 2.21. The number of rotatable bonds is 3. The SMILES string of the molecule is CONc1cccc2c(N=O)cccc12. The number of nitrogens with zero attached hydrogens (tertiary/aromatic N) is 1. The minimum absolute atomic E-state index is 0.437. The Labute approximate surface area is 86.8 Å². The molecular formula is C11H10N2O2. The van der Waals surface area contributed by atoms with Gasteiger partial charge >= 0.3 is 0 Å². The Balaban J connectivity index is 2.70. The van der Waals surface area contributed by atoms with E-state index in [1.165, 1.54) is 0 Å². The van der Waals surface area contributed by atoms with Gasteiger partial charge in [0.1, 0.15) is 5.69 Å². The Morgan fingerprint density at radius 3 is 2.60 bits per heavy atom. The smallest absolute Gasteiger partial charge is 0.115 e. The first-order chi connectivity index (χ1) is 7.36. The van der Waals surface area contributed by atoms with Crippen molar-refractivity contribution in [1.82, 2.24) is 0 Å². The van der Waals surface area contributed by atoms with Gasteiger partial charge in [-0.05, 0) is 17.3 Å². The molecule has 2 aromatic rings. The van der Waals surface area contributed by atoms with Crippen LogP contribution >= 0.6 is 0 Å². The predicted octanol–water partition coefficient (Wildman–Crippen LogP) is 3.21. The molecule has 0 aliphatic rings. The molecule has 4 heteroatoms. The average molecular weight is 202 g/mol. The lowest BCUT2D eigenvalue weighted by molar-refractivity contribution is 0.271. The zero-order valence-corrected chi connectivity index (χ0v) is 8.23. The zero-order chi connectivity index (χ0) is 10.7. The Morgan fingerprint density at radius 2 is 1.87 bits per heavy atom. The van der Waals surface area contributed by atoms with Gasteiger partial charge in [0.05, 0.1) is 12.8 Å². The maximum atomic E-state index is 10.6. The van der Waals surface area contributed by atoms with Crippen molar-refractivity contribution >= 4 is 22.1 Å². The highest BCUT2D eigenvalue weighted by Crippen LogP contribution is 2.30. The summed E-state index contributed by atoms with van der Waals surface area (Å²) >= 11 is 0. The van der Waals surface area contributed by atoms with Gasteiger partial charge in [0.25, 0.3) is 0 Å². The highest BCUT2D eigenvalue weighted by atomic mass is 16.6. The minimum atomic E-state index is 0.437. The molecule has 2 aromatic carbocycles. The van der Waals surface area contributed by atoms with Gasteiger partial charge in [0.15, 0.2) is 0 Å². The number of fused-ring (bicyclic) bond motifs is 1. The normalized spacial score (nSPS) is 10.2. The fraction of sp³-hybridized carbons (Fsp3) is 0.0909. The molecule has 0 amide bonds. The molecule has 0 heterocycles. The average Bonchev–Trinajstić information content (AvgIpc) is 2.29. The van der Waals surface area contributed by atoms with Crippen molar-refractivity contribution < 1.29 is 4.84 Å². The molecule has 0 bridgehead atoms. The van der Waals surface area contributed by atoms with E-state index in [1.807, 2.05) is 24.3 Å². The molecule has 2 rings (SSSR count). The third-order valence-corrected chi connectivity index (χ3v) is 2.21. The van der Waals surface area contributed by atoms with Crippen LogP contribution in [-0.4, -0.2) is 7.11 Å². The number of nitroso groups, excluding NO2 is 1. The molecule has 76 valence electrons. The van der Waals surface area contributed by atoms with E-state index in [0.29, 0.717) is 5.69 Å². The van der Waals surface area contributed by atoms with Crippen LogP contribution in [0.15, 0.2) is 41.6 Å². The lowest BCUT2D eigenvalue weighted by Gasteiger charge is -2.07. The lowest BCUT2D eigenvalue weighted by atomic mass is 10.1. The van der Waals surface area contributed by atoms with Gasteiger partial charge < -0.3 is 0 Å². The standard InChI is InChI=1S/C11H10N2O2/c1-15-13-11-7-3-4-8-9(11)5-2-6-10(8)12-14/h2-7,13H,1H3. The van der Waals surface area contributed by atoms with Crippen LogP contribution < -0.4 is 5.48 Å². The minimum Gasteiger partial charge on any atom is -0.279 e. The van der Waals surface area contributed by atoms with E-state index < -0.39 is 0 Å². The zero-order valence-electron chi connectivity index (χ0n) is 8.23. The summed E-state index contributed by atoms with van der Waals surface area (Å²) in [6, 6.07) is 11.0. The van der Waals surface area contributed by atoms with E-state index in [2.05, 4.69) is 10.7 Å². The first-order valence-electron chi connectivity index (χ1n) is 4.51. The lowest BCUT2D eigenvalue weighted by Crippen LogP contribution is -1.95. The van der Waals surface area contributed by atoms with Crippen LogP contribution in [0.1, 0.15) is 0 Å². The Hall–Kier alpha value is -1.94. The second-order valence-electron chi connectivity index (χ2n) is 3.08. The molecule has 15 heavy (non-hydrogen) atoms. The van der Waals surface area contributed by atoms with Gasteiger partial charge in [0.2, 0.25) is 0 Å². The largest absolute Gasteiger partial charge is 0.279 e. The summed E-state index contributed by atoms with van der Waals surface area (Å²) < 4.78 is 0. The highest BCUT2D eigenvalue weighted by molar-refractivity contribution is 6.00. The van der Waals surface area contributed by atoms with Crippen LogP contribution in [0.3, 0.4) is 0 Å². The van der Waals surface area contributed by atoms with Crippen molar-refractivity contribution in [1.29, 1.82) is 0 Å². The van der Waals surface area contributed by atoms with Gasteiger partial charge in [-0.3, -0.25) is 10.3 Å². The highest BCUT2D eigenvalue weighted by Gasteiger charge is 2.04. The molecule has 0 atom stereocenters. The van der Waals surface area contributed by atoms with Crippen LogP contribution in [0.25, 0.3) is 10.8 Å². The third kappa shape index (κ3) is 1.67. The Morgan fingerprint density at radius 1 is 1.13 bits per heavy atom. The van der Waals surface area contributed by atoms with Crippen LogP contribution in [-0.2, 0) is 4.84 Å². The van der Waals surface area contributed by atoms with Crippen molar-refractivity contribution in [3.05, 3.63) is 41.3 Å². The van der Waals surface area contributed by atoms with Crippen molar-refractivity contribution in [3.63, 3.8) is 0 Å². The summed E-state index contributed by atoms with van der Waals surface area (Å²) in [6.07, 6.45) is 0. The summed E-state index contributed by atoms with van der Waals surface area (Å²) in [6.45, 7) is 0. The second-order valence-corrected chi connectivity index (χ2v) is 3.08. The molecule has 0 fully saturated rings. The van der Waals surface area contributed by atoms with Crippen molar-refractivity contribution in [2.24, 2.45) is 5.18 Å². The van der Waals surface area contributed by atoms with Gasteiger partial charge in [0, 0.05) is 10.8 Å². The maximum Gasteiger partial charge on any atom is 0.115 e. The second kappa shape index (κ2) is 4.06. The van der Waals surface area contributed by atoms with Gasteiger partial charge in [-0.25, -0.2) is 0 Å². The van der Waals surface area contributed by atoms with Crippen LogP contribution in [0.4, 0.5) is 11.4 Å². The summed E-state index contributed by atoms with van der Waals surface area (Å²) in [7, 11) is 1.54. The summed E-state index contributed by atoms with van der Waals surface area (Å²) in [5.74, 6) is 0. The Bertz CT molecular complexity index is 497. The van der Waals surface area contributed by atoms with E-state index in [9.17, 15) is 4.91 Å². The molecule has 0 spiro atoms. The fourth-order valence-electron chi connectivity index (χ4n) is 1.57. The molecule has 0 saturated carbocycles. The van der Waals surface area contributed by atoms with Crippen molar-refractivity contribution in [2.45, 2.75) is 0 Å². The molecule has 0 aliphatic heterocycles. The van der Waals surface area contributed by atoms with Gasteiger partial charge in [-0.2, -0.15) is 0 Å². The maximum absolute atomic E-state index is 10.6. The van der Waals surface area contributed by atoms with E-state index in [1.54, 1.807) is 19.2 Å². The Kier molecular flexibility index (Phi) is 2.60. The monoisotopic (exact) mass is 202 g/mol. The molecule has 4 nitrogen and oxygen atoms in total. The molecule has 0 unspecified atom stereocenters. The van der Waals surface area contributed by atoms with Crippen molar-refractivity contribution in [3.8, 4) is 0 Å². The number of hydrogen-bond acceptors (Lipinski definition) is 4. The quantitative estimate of drug-likeness (QED) is 0.614. The topological polar surface area (TPSA) is 50.7 Å². The molecule has 0 aliphatic carbocycles. The predicted molar refractivity (Wildman–Crippen MR) is 60.0 cm³/mol. The molecule has 0 aromatic heterocycles. The van der Waals surface area contributed by atoms with Crippen LogP contribution in [0, 0.1) is 4.91 Å². The number of benzene rings is 2. The molecule has 1 N–H and O–H groups in total. The first-order valence-corrected chi connectivity index (χ1v) is 4.51. The van der Waals surface area contributed by atoms with Crippen molar-refractivity contribution in [2.75, 3.05) is 12.6 Å². The molecule has 0 radical (unpaired) electrons. The van der Waals surface area contributed by atoms with E-state index in [0.717, 1.165) is 16.5 Å².